The molecule has 1 amide bonds. The molecule has 0 unspecified atom stereocenters. The molecule has 0 aliphatic carbocycles. The van der Waals surface area contributed by atoms with Gasteiger partial charge in [0.05, 0.1) is 11.4 Å². The van der Waals surface area contributed by atoms with Crippen LogP contribution in [0.1, 0.15) is 25.0 Å². The van der Waals surface area contributed by atoms with Crippen LogP contribution in [0.15, 0.2) is 41.0 Å². The van der Waals surface area contributed by atoms with Crippen LogP contribution < -0.4 is 0 Å². The zero-order chi connectivity index (χ0) is 18.4. The van der Waals surface area contributed by atoms with Gasteiger partial charge in [0.2, 0.25) is 11.8 Å². The molecule has 2 heterocycles. The Kier molecular flexibility index (Phi) is 6.33. The summed E-state index contributed by atoms with van der Waals surface area (Å²) in [5, 5.41) is 8.84. The molecule has 1 aliphatic rings. The smallest absolute Gasteiger partial charge is 0.303 e. The Balaban J connectivity index is 1.41. The van der Waals surface area contributed by atoms with Crippen molar-refractivity contribution < 1.29 is 19.1 Å². The van der Waals surface area contributed by atoms with Gasteiger partial charge in [-0.25, -0.2) is 4.98 Å². The second-order valence-corrected chi connectivity index (χ2v) is 7.41. The summed E-state index contributed by atoms with van der Waals surface area (Å²) in [7, 11) is 0. The molecular formula is C19H22N2O4S. The summed E-state index contributed by atoms with van der Waals surface area (Å²) in [4.78, 5) is 29.3. The monoisotopic (exact) mass is 374 g/mol. The predicted octanol–water partition coefficient (Wildman–Crippen LogP) is 3.29. The van der Waals surface area contributed by atoms with Crippen molar-refractivity contribution in [3.05, 3.63) is 42.3 Å². The summed E-state index contributed by atoms with van der Waals surface area (Å²) >= 11 is 1.52. The first kappa shape index (κ1) is 18.5. The molecule has 6 nitrogen and oxygen atoms in total. The van der Waals surface area contributed by atoms with Crippen molar-refractivity contribution in [3.63, 3.8) is 0 Å². The van der Waals surface area contributed by atoms with Crippen molar-refractivity contribution in [1.29, 1.82) is 0 Å². The molecule has 1 aromatic carbocycles. The van der Waals surface area contributed by atoms with Crippen LogP contribution in [0.25, 0.3) is 11.5 Å². The molecule has 2 aromatic rings. The quantitative estimate of drug-likeness (QED) is 0.801. The molecule has 1 N–H and O–H groups in total. The number of benzene rings is 1. The Bertz CT molecular complexity index is 739. The summed E-state index contributed by atoms with van der Waals surface area (Å²) in [5.74, 6) is 1.15. The van der Waals surface area contributed by atoms with Gasteiger partial charge in [-0.2, -0.15) is 0 Å². The zero-order valence-electron chi connectivity index (χ0n) is 14.5. The summed E-state index contributed by atoms with van der Waals surface area (Å²) in [6.07, 6.45) is 3.38. The van der Waals surface area contributed by atoms with Crippen molar-refractivity contribution in [3.8, 4) is 11.5 Å². The molecule has 0 radical (unpaired) electrons. The van der Waals surface area contributed by atoms with Gasteiger partial charge < -0.3 is 14.4 Å². The number of rotatable bonds is 7. The van der Waals surface area contributed by atoms with Crippen molar-refractivity contribution in [1.82, 2.24) is 9.88 Å². The standard InChI is InChI=1S/C19H22N2O4S/c22-17(21-8-6-14(7-9-21)10-18(23)24)13-26-12-16-11-25-19(20-16)15-4-2-1-3-5-15/h1-5,11,14H,6-10,12-13H2,(H,23,24). The maximum Gasteiger partial charge on any atom is 0.303 e. The lowest BCUT2D eigenvalue weighted by molar-refractivity contribution is -0.138. The maximum absolute atomic E-state index is 12.3. The highest BCUT2D eigenvalue weighted by atomic mass is 32.2. The zero-order valence-corrected chi connectivity index (χ0v) is 15.3. The van der Waals surface area contributed by atoms with Gasteiger partial charge in [-0.1, -0.05) is 18.2 Å². The predicted molar refractivity (Wildman–Crippen MR) is 99.7 cm³/mol. The number of carbonyl (C=O) groups excluding carboxylic acids is 1. The maximum atomic E-state index is 12.3. The highest BCUT2D eigenvalue weighted by Gasteiger charge is 2.24. The van der Waals surface area contributed by atoms with E-state index in [9.17, 15) is 9.59 Å². The van der Waals surface area contributed by atoms with Gasteiger partial charge in [0.1, 0.15) is 6.26 Å². The van der Waals surface area contributed by atoms with E-state index in [0.29, 0.717) is 30.5 Å². The molecule has 1 fully saturated rings. The fourth-order valence-corrected chi connectivity index (χ4v) is 3.86. The van der Waals surface area contributed by atoms with Gasteiger partial charge in [-0.15, -0.1) is 11.8 Å². The van der Waals surface area contributed by atoms with Gasteiger partial charge >= 0.3 is 5.97 Å². The first-order valence-corrected chi connectivity index (χ1v) is 9.84. The average molecular weight is 374 g/mol. The van der Waals surface area contributed by atoms with E-state index in [4.69, 9.17) is 9.52 Å². The van der Waals surface area contributed by atoms with E-state index < -0.39 is 5.97 Å². The fraction of sp³-hybridized carbons (Fsp3) is 0.421. The van der Waals surface area contributed by atoms with E-state index in [-0.39, 0.29) is 18.2 Å². The molecule has 1 aromatic heterocycles. The van der Waals surface area contributed by atoms with Crippen LogP contribution >= 0.6 is 11.8 Å². The van der Waals surface area contributed by atoms with Crippen molar-refractivity contribution in [2.24, 2.45) is 5.92 Å². The van der Waals surface area contributed by atoms with E-state index in [1.807, 2.05) is 35.2 Å². The van der Waals surface area contributed by atoms with Gasteiger partial charge in [0, 0.05) is 30.8 Å². The highest BCUT2D eigenvalue weighted by molar-refractivity contribution is 7.99. The van der Waals surface area contributed by atoms with Gasteiger partial charge in [-0.05, 0) is 30.9 Å². The minimum atomic E-state index is -0.757. The lowest BCUT2D eigenvalue weighted by atomic mass is 9.94. The summed E-state index contributed by atoms with van der Waals surface area (Å²) in [6, 6.07) is 9.71. The van der Waals surface area contributed by atoms with Crippen LogP contribution in [-0.2, 0) is 15.3 Å². The van der Waals surface area contributed by atoms with E-state index in [1.54, 1.807) is 6.26 Å². The summed E-state index contributed by atoms with van der Waals surface area (Å²) < 4.78 is 5.50. The number of oxazole rings is 1. The first-order chi connectivity index (χ1) is 12.6. The minimum absolute atomic E-state index is 0.107. The molecule has 0 atom stereocenters. The number of piperidine rings is 1. The van der Waals surface area contributed by atoms with E-state index in [1.165, 1.54) is 11.8 Å². The molecule has 1 saturated heterocycles. The lowest BCUT2D eigenvalue weighted by Crippen LogP contribution is -2.39. The fourth-order valence-electron chi connectivity index (χ4n) is 3.05. The third-order valence-electron chi connectivity index (χ3n) is 4.48. The molecule has 3 rings (SSSR count). The van der Waals surface area contributed by atoms with Crippen LogP contribution in [-0.4, -0.2) is 45.7 Å². The van der Waals surface area contributed by atoms with E-state index in [2.05, 4.69) is 4.98 Å². The second kappa shape index (κ2) is 8.89. The third-order valence-corrected chi connectivity index (χ3v) is 5.43. The van der Waals surface area contributed by atoms with E-state index in [0.717, 1.165) is 24.1 Å². The number of carboxylic acid groups (broad SMARTS) is 1. The Morgan fingerprint density at radius 1 is 1.23 bits per heavy atom. The first-order valence-electron chi connectivity index (χ1n) is 8.69. The van der Waals surface area contributed by atoms with Gasteiger partial charge in [0.15, 0.2) is 0 Å². The van der Waals surface area contributed by atoms with Crippen LogP contribution in [0.2, 0.25) is 0 Å². The van der Waals surface area contributed by atoms with Crippen molar-refractivity contribution >= 4 is 23.6 Å². The van der Waals surface area contributed by atoms with Crippen LogP contribution in [0.3, 0.4) is 0 Å². The minimum Gasteiger partial charge on any atom is -0.481 e. The number of carboxylic acids is 1. The highest BCUT2D eigenvalue weighted by Crippen LogP contribution is 2.23. The molecule has 1 aliphatic heterocycles. The molecule has 138 valence electrons. The van der Waals surface area contributed by atoms with E-state index >= 15 is 0 Å². The number of hydrogen-bond acceptors (Lipinski definition) is 5. The number of aromatic nitrogens is 1. The molecule has 7 heteroatoms. The summed E-state index contributed by atoms with van der Waals surface area (Å²) in [6.45, 7) is 1.30. The average Bonchev–Trinajstić information content (AvgIpc) is 3.11. The van der Waals surface area contributed by atoms with Crippen molar-refractivity contribution in [2.75, 3.05) is 18.8 Å². The topological polar surface area (TPSA) is 83.6 Å². The Morgan fingerprint density at radius 3 is 2.65 bits per heavy atom. The number of nitrogens with zero attached hydrogens (tertiary/aromatic N) is 2. The van der Waals surface area contributed by atoms with Crippen molar-refractivity contribution in [2.45, 2.75) is 25.0 Å². The Hall–Kier alpha value is -2.28. The van der Waals surface area contributed by atoms with Crippen LogP contribution in [0.5, 0.6) is 0 Å². The number of likely N-dealkylation sites (tertiary alicyclic amines) is 1. The SMILES string of the molecule is O=C(O)CC1CCN(C(=O)CSCc2coc(-c3ccccc3)n2)CC1. The number of carbonyl (C=O) groups is 2. The lowest BCUT2D eigenvalue weighted by Gasteiger charge is -2.31. The summed E-state index contributed by atoms with van der Waals surface area (Å²) in [5.41, 5.74) is 1.76. The van der Waals surface area contributed by atoms with Crippen LogP contribution in [0.4, 0.5) is 0 Å². The number of aliphatic carboxylic acids is 1. The second-order valence-electron chi connectivity index (χ2n) is 6.42. The van der Waals surface area contributed by atoms with Gasteiger partial charge in [0.25, 0.3) is 0 Å². The van der Waals surface area contributed by atoms with Gasteiger partial charge in [-0.3, -0.25) is 9.59 Å². The van der Waals surface area contributed by atoms with Crippen LogP contribution in [0, 0.1) is 5.92 Å². The third kappa shape index (κ3) is 5.11. The molecule has 0 spiro atoms. The molecule has 0 saturated carbocycles. The Morgan fingerprint density at radius 2 is 1.96 bits per heavy atom. The molecule has 0 bridgehead atoms. The number of thioether (sulfide) groups is 1. The molecular weight excluding hydrogens is 352 g/mol. The number of hydrogen-bond donors (Lipinski definition) is 1. The number of amides is 1. The normalized spacial score (nSPS) is 15.2. The largest absolute Gasteiger partial charge is 0.481 e. The Labute approximate surface area is 156 Å². The molecule has 26 heavy (non-hydrogen) atoms.